The van der Waals surface area contributed by atoms with E-state index in [0.29, 0.717) is 25.4 Å². The largest absolute Gasteiger partial charge is 0.461 e. The van der Waals surface area contributed by atoms with Crippen molar-refractivity contribution in [3.63, 3.8) is 0 Å². The van der Waals surface area contributed by atoms with Crippen LogP contribution in [0.5, 0.6) is 0 Å². The van der Waals surface area contributed by atoms with Crippen LogP contribution < -0.4 is 0 Å². The number of ether oxygens (including phenoxy) is 1. The van der Waals surface area contributed by atoms with Crippen molar-refractivity contribution in [2.75, 3.05) is 40.3 Å². The first-order valence-electron chi connectivity index (χ1n) is 7.06. The van der Waals surface area contributed by atoms with Crippen molar-refractivity contribution >= 4 is 23.2 Å². The molecular formula is C14H23N3O3S. The highest BCUT2D eigenvalue weighted by molar-refractivity contribution is 7.11. The van der Waals surface area contributed by atoms with Gasteiger partial charge in [0.15, 0.2) is 0 Å². The first-order chi connectivity index (χ1) is 9.99. The Balaban J connectivity index is 2.65. The van der Waals surface area contributed by atoms with Gasteiger partial charge < -0.3 is 14.5 Å². The Morgan fingerprint density at radius 3 is 2.57 bits per heavy atom. The zero-order valence-corrected chi connectivity index (χ0v) is 13.9. The molecule has 7 heteroatoms. The van der Waals surface area contributed by atoms with E-state index in [0.717, 1.165) is 24.3 Å². The molecule has 118 valence electrons. The molecule has 1 aromatic rings. The molecule has 0 atom stereocenters. The van der Waals surface area contributed by atoms with E-state index >= 15 is 0 Å². The molecule has 0 aliphatic carbocycles. The highest BCUT2D eigenvalue weighted by atomic mass is 32.1. The number of amides is 1. The van der Waals surface area contributed by atoms with E-state index < -0.39 is 5.97 Å². The second kappa shape index (κ2) is 8.74. The first-order valence-corrected chi connectivity index (χ1v) is 7.94. The van der Waals surface area contributed by atoms with Crippen LogP contribution in [0.2, 0.25) is 0 Å². The normalized spacial score (nSPS) is 10.7. The minimum absolute atomic E-state index is 0.136. The molecule has 0 radical (unpaired) electrons. The fraction of sp³-hybridized carbons (Fsp3) is 0.643. The number of carbonyl (C=O) groups excluding carboxylic acids is 2. The smallest absolute Gasteiger partial charge is 0.367 e. The van der Waals surface area contributed by atoms with E-state index in [4.69, 9.17) is 4.74 Å². The van der Waals surface area contributed by atoms with Gasteiger partial charge in [-0.2, -0.15) is 0 Å². The average Bonchev–Trinajstić information content (AvgIpc) is 2.92. The minimum atomic E-state index is -0.475. The predicted molar refractivity (Wildman–Crippen MR) is 82.8 cm³/mol. The molecule has 0 saturated heterocycles. The molecule has 1 aromatic heterocycles. The number of rotatable bonds is 8. The molecule has 0 N–H and O–H groups in total. The van der Waals surface area contributed by atoms with Gasteiger partial charge in [-0.1, -0.05) is 0 Å². The van der Waals surface area contributed by atoms with Crippen molar-refractivity contribution in [1.29, 1.82) is 0 Å². The third kappa shape index (κ3) is 5.43. The van der Waals surface area contributed by atoms with Gasteiger partial charge in [-0.05, 0) is 40.9 Å². The Bertz CT molecular complexity index is 474. The van der Waals surface area contributed by atoms with Crippen LogP contribution in [0.1, 0.15) is 40.6 Å². The highest BCUT2D eigenvalue weighted by Gasteiger charge is 2.20. The van der Waals surface area contributed by atoms with Crippen LogP contribution in [-0.2, 0) is 4.74 Å². The van der Waals surface area contributed by atoms with Gasteiger partial charge in [0.25, 0.3) is 5.91 Å². The molecule has 0 spiro atoms. The summed E-state index contributed by atoms with van der Waals surface area (Å²) in [5, 5.41) is 1.84. The van der Waals surface area contributed by atoms with Crippen LogP contribution >= 0.6 is 11.3 Å². The van der Waals surface area contributed by atoms with Crippen molar-refractivity contribution in [3.8, 4) is 0 Å². The molecule has 1 rings (SSSR count). The number of hydrogen-bond donors (Lipinski definition) is 0. The van der Waals surface area contributed by atoms with Crippen molar-refractivity contribution in [2.24, 2.45) is 0 Å². The third-order valence-corrected chi connectivity index (χ3v) is 3.70. The number of nitrogens with zero attached hydrogens (tertiary/aromatic N) is 3. The SMILES string of the molecule is CCOC(=O)c1nc(C(=O)N(CC)CCCN(C)C)cs1. The Hall–Kier alpha value is -1.47. The minimum Gasteiger partial charge on any atom is -0.461 e. The molecule has 0 aliphatic rings. The summed E-state index contributed by atoms with van der Waals surface area (Å²) < 4.78 is 4.88. The van der Waals surface area contributed by atoms with Crippen molar-refractivity contribution in [3.05, 3.63) is 16.1 Å². The summed E-state index contributed by atoms with van der Waals surface area (Å²) >= 11 is 1.14. The van der Waals surface area contributed by atoms with Gasteiger partial charge in [0.05, 0.1) is 6.61 Å². The molecule has 1 heterocycles. The lowest BCUT2D eigenvalue weighted by Crippen LogP contribution is -2.33. The van der Waals surface area contributed by atoms with Gasteiger partial charge in [-0.25, -0.2) is 9.78 Å². The van der Waals surface area contributed by atoms with Crippen molar-refractivity contribution in [2.45, 2.75) is 20.3 Å². The third-order valence-electron chi connectivity index (χ3n) is 2.88. The van der Waals surface area contributed by atoms with Crippen LogP contribution in [0, 0.1) is 0 Å². The Labute approximate surface area is 129 Å². The number of thiazole rings is 1. The molecule has 0 aromatic carbocycles. The van der Waals surface area contributed by atoms with Gasteiger partial charge in [0, 0.05) is 18.5 Å². The van der Waals surface area contributed by atoms with Gasteiger partial charge in [0.1, 0.15) is 5.69 Å². The van der Waals surface area contributed by atoms with E-state index in [1.807, 2.05) is 21.0 Å². The zero-order chi connectivity index (χ0) is 15.8. The lowest BCUT2D eigenvalue weighted by molar-refractivity contribution is 0.0526. The maximum absolute atomic E-state index is 12.3. The Morgan fingerprint density at radius 2 is 2.00 bits per heavy atom. The van der Waals surface area contributed by atoms with Crippen LogP contribution in [0.4, 0.5) is 0 Å². The van der Waals surface area contributed by atoms with Gasteiger partial charge >= 0.3 is 5.97 Å². The number of carbonyl (C=O) groups is 2. The van der Waals surface area contributed by atoms with Crippen LogP contribution in [0.25, 0.3) is 0 Å². The van der Waals surface area contributed by atoms with Crippen LogP contribution in [0.15, 0.2) is 5.38 Å². The molecule has 21 heavy (non-hydrogen) atoms. The summed E-state index contributed by atoms with van der Waals surface area (Å²) in [5.74, 6) is -0.611. The second-order valence-corrected chi connectivity index (χ2v) is 5.66. The molecule has 0 unspecified atom stereocenters. The van der Waals surface area contributed by atoms with Crippen molar-refractivity contribution in [1.82, 2.24) is 14.8 Å². The Morgan fingerprint density at radius 1 is 1.29 bits per heavy atom. The van der Waals surface area contributed by atoms with Crippen molar-refractivity contribution < 1.29 is 14.3 Å². The quantitative estimate of drug-likeness (QED) is 0.684. The number of esters is 1. The highest BCUT2D eigenvalue weighted by Crippen LogP contribution is 2.13. The van der Waals surface area contributed by atoms with E-state index in [1.165, 1.54) is 0 Å². The lowest BCUT2D eigenvalue weighted by Gasteiger charge is -2.20. The monoisotopic (exact) mass is 313 g/mol. The summed E-state index contributed by atoms with van der Waals surface area (Å²) in [7, 11) is 4.01. The van der Waals surface area contributed by atoms with Gasteiger partial charge in [-0.15, -0.1) is 11.3 Å². The molecule has 1 amide bonds. The maximum atomic E-state index is 12.3. The lowest BCUT2D eigenvalue weighted by atomic mass is 10.3. The van der Waals surface area contributed by atoms with E-state index in [1.54, 1.807) is 17.2 Å². The fourth-order valence-electron chi connectivity index (χ4n) is 1.80. The first kappa shape index (κ1) is 17.6. The van der Waals surface area contributed by atoms with E-state index in [2.05, 4.69) is 9.88 Å². The number of hydrogen-bond acceptors (Lipinski definition) is 6. The van der Waals surface area contributed by atoms with Gasteiger partial charge in [-0.3, -0.25) is 4.79 Å². The summed E-state index contributed by atoms with van der Waals surface area (Å²) in [6, 6.07) is 0. The predicted octanol–water partition coefficient (Wildman–Crippen LogP) is 1.73. The Kier molecular flexibility index (Phi) is 7.31. The molecular weight excluding hydrogens is 290 g/mol. The van der Waals surface area contributed by atoms with E-state index in [-0.39, 0.29) is 10.9 Å². The summed E-state index contributed by atoms with van der Waals surface area (Å²) in [5.41, 5.74) is 0.315. The standard InChI is InChI=1S/C14H23N3O3S/c1-5-17(9-7-8-16(3)4)13(18)11-10-21-12(15-11)14(19)20-6-2/h10H,5-9H2,1-4H3. The average molecular weight is 313 g/mol. The summed E-state index contributed by atoms with van der Waals surface area (Å²) in [6.07, 6.45) is 0.904. The van der Waals surface area contributed by atoms with Gasteiger partial charge in [0.2, 0.25) is 5.01 Å². The molecule has 6 nitrogen and oxygen atoms in total. The maximum Gasteiger partial charge on any atom is 0.367 e. The molecule has 0 saturated carbocycles. The van der Waals surface area contributed by atoms with E-state index in [9.17, 15) is 9.59 Å². The summed E-state index contributed by atoms with van der Waals surface area (Å²) in [4.78, 5) is 31.8. The second-order valence-electron chi connectivity index (χ2n) is 4.80. The van der Waals surface area contributed by atoms with Crippen LogP contribution in [0.3, 0.4) is 0 Å². The number of aromatic nitrogens is 1. The summed E-state index contributed by atoms with van der Waals surface area (Å²) in [6.45, 7) is 6.20. The fourth-order valence-corrected chi connectivity index (χ4v) is 2.48. The molecule has 0 aliphatic heterocycles. The zero-order valence-electron chi connectivity index (χ0n) is 13.1. The van der Waals surface area contributed by atoms with Crippen LogP contribution in [-0.4, -0.2) is 67.0 Å². The molecule has 0 fully saturated rings. The molecule has 0 bridgehead atoms. The topological polar surface area (TPSA) is 62.7 Å².